The van der Waals surface area contributed by atoms with Gasteiger partial charge in [-0.1, -0.05) is 0 Å². The average molecular weight is 188 g/mol. The minimum absolute atomic E-state index is 0.0204. The van der Waals surface area contributed by atoms with Crippen LogP contribution in [0, 0.1) is 0 Å². The maximum absolute atomic E-state index is 12.5. The zero-order valence-electron chi connectivity index (χ0n) is 6.78. The van der Waals surface area contributed by atoms with Crippen molar-refractivity contribution in [1.29, 1.82) is 0 Å². The van der Waals surface area contributed by atoms with Gasteiger partial charge in [-0.05, 0) is 0 Å². The van der Waals surface area contributed by atoms with Crippen LogP contribution >= 0.6 is 0 Å². The predicted octanol–water partition coefficient (Wildman–Crippen LogP) is -0.732. The Kier molecular flexibility index (Phi) is 2.58. The molecule has 1 aromatic heterocycles. The first-order chi connectivity index (χ1) is 5.91. The van der Waals surface area contributed by atoms with E-state index in [2.05, 4.69) is 9.97 Å². The zero-order chi connectivity index (χ0) is 10.1. The van der Waals surface area contributed by atoms with E-state index in [-0.39, 0.29) is 5.46 Å². The van der Waals surface area contributed by atoms with E-state index < -0.39 is 18.9 Å². The number of nitrogens with zero attached hydrogens (tertiary/aromatic N) is 2. The molecule has 1 heterocycles. The van der Waals surface area contributed by atoms with E-state index in [0.29, 0.717) is 6.92 Å². The summed E-state index contributed by atoms with van der Waals surface area (Å²) in [6.07, 6.45) is 1.90. The third-order valence-corrected chi connectivity index (χ3v) is 1.36. The van der Waals surface area contributed by atoms with Crippen molar-refractivity contribution in [3.8, 4) is 0 Å². The van der Waals surface area contributed by atoms with Gasteiger partial charge in [0, 0.05) is 24.8 Å². The molecule has 0 radical (unpaired) electrons. The lowest BCUT2D eigenvalue weighted by atomic mass is 9.83. The van der Waals surface area contributed by atoms with Crippen molar-refractivity contribution < 1.29 is 18.8 Å². The van der Waals surface area contributed by atoms with Crippen molar-refractivity contribution in [3.63, 3.8) is 0 Å². The summed E-state index contributed by atoms with van der Waals surface area (Å²) in [6.45, 7) is 0.664. The molecule has 0 saturated heterocycles. The Morgan fingerprint density at radius 1 is 1.31 bits per heavy atom. The molecule has 0 amide bonds. The highest BCUT2D eigenvalue weighted by atomic mass is 19.3. The fraction of sp³-hybridized carbons (Fsp3) is 0.333. The molecule has 1 rings (SSSR count). The lowest BCUT2D eigenvalue weighted by molar-refractivity contribution is 0.00770. The highest BCUT2D eigenvalue weighted by Gasteiger charge is 2.28. The molecular weight excluding hydrogens is 181 g/mol. The maximum atomic E-state index is 12.5. The van der Waals surface area contributed by atoms with E-state index >= 15 is 0 Å². The third-order valence-electron chi connectivity index (χ3n) is 1.36. The van der Waals surface area contributed by atoms with Gasteiger partial charge in [0.25, 0.3) is 0 Å². The van der Waals surface area contributed by atoms with Crippen LogP contribution in [0.25, 0.3) is 0 Å². The quantitative estimate of drug-likeness (QED) is 0.600. The second kappa shape index (κ2) is 3.35. The summed E-state index contributed by atoms with van der Waals surface area (Å²) in [5.41, 5.74) is -0.0204. The number of rotatable bonds is 2. The van der Waals surface area contributed by atoms with Crippen LogP contribution in [-0.4, -0.2) is 27.1 Å². The fourth-order valence-electron chi connectivity index (χ4n) is 0.698. The summed E-state index contributed by atoms with van der Waals surface area (Å²) in [5, 5.41) is 17.2. The van der Waals surface area contributed by atoms with Gasteiger partial charge in [-0.25, -0.2) is 9.97 Å². The molecule has 0 fully saturated rings. The van der Waals surface area contributed by atoms with Crippen LogP contribution in [0.1, 0.15) is 12.7 Å². The van der Waals surface area contributed by atoms with E-state index in [4.69, 9.17) is 10.0 Å². The molecule has 0 aliphatic carbocycles. The van der Waals surface area contributed by atoms with Gasteiger partial charge in [0.05, 0.1) is 0 Å². The molecule has 0 saturated carbocycles. The van der Waals surface area contributed by atoms with Crippen molar-refractivity contribution in [2.45, 2.75) is 12.8 Å². The minimum Gasteiger partial charge on any atom is -0.423 e. The van der Waals surface area contributed by atoms with Crippen LogP contribution in [0.15, 0.2) is 12.4 Å². The summed E-state index contributed by atoms with van der Waals surface area (Å²) in [4.78, 5) is 6.58. The maximum Gasteiger partial charge on any atom is 0.491 e. The second-order valence-electron chi connectivity index (χ2n) is 2.60. The second-order valence-corrected chi connectivity index (χ2v) is 2.60. The first kappa shape index (κ1) is 10.0. The Hall–Kier alpha value is -1.08. The van der Waals surface area contributed by atoms with Gasteiger partial charge in [0.15, 0.2) is 5.82 Å². The van der Waals surface area contributed by atoms with E-state index in [1.807, 2.05) is 0 Å². The van der Waals surface area contributed by atoms with E-state index in [0.717, 1.165) is 12.4 Å². The summed E-state index contributed by atoms with van der Waals surface area (Å²) < 4.78 is 25.1. The normalized spacial score (nSPS) is 11.5. The fourth-order valence-corrected chi connectivity index (χ4v) is 0.698. The third kappa shape index (κ3) is 2.43. The van der Waals surface area contributed by atoms with Crippen LogP contribution in [0.3, 0.4) is 0 Å². The molecule has 2 N–H and O–H groups in total. The monoisotopic (exact) mass is 188 g/mol. The van der Waals surface area contributed by atoms with Gasteiger partial charge >= 0.3 is 13.0 Å². The minimum atomic E-state index is -3.11. The van der Waals surface area contributed by atoms with Gasteiger partial charge in [0.2, 0.25) is 0 Å². The SMILES string of the molecule is CC(F)(F)c1ncc(B(O)O)cn1. The van der Waals surface area contributed by atoms with Crippen LogP contribution in [-0.2, 0) is 5.92 Å². The van der Waals surface area contributed by atoms with Crippen LogP contribution in [0.5, 0.6) is 0 Å². The Labute approximate surface area is 73.4 Å². The van der Waals surface area contributed by atoms with Crippen molar-refractivity contribution in [3.05, 3.63) is 18.2 Å². The van der Waals surface area contributed by atoms with Gasteiger partial charge < -0.3 is 10.0 Å². The Morgan fingerprint density at radius 2 is 1.77 bits per heavy atom. The average Bonchev–Trinajstić information content (AvgIpc) is 2.03. The summed E-state index contributed by atoms with van der Waals surface area (Å²) in [7, 11) is -1.74. The molecule has 0 aliphatic rings. The largest absolute Gasteiger partial charge is 0.491 e. The van der Waals surface area contributed by atoms with Crippen molar-refractivity contribution in [1.82, 2.24) is 9.97 Å². The molecule has 0 spiro atoms. The Bertz CT molecular complexity index is 286. The topological polar surface area (TPSA) is 66.2 Å². The number of hydrogen-bond acceptors (Lipinski definition) is 4. The zero-order valence-corrected chi connectivity index (χ0v) is 6.78. The van der Waals surface area contributed by atoms with Crippen molar-refractivity contribution in [2.24, 2.45) is 0 Å². The van der Waals surface area contributed by atoms with Gasteiger partial charge in [-0.15, -0.1) is 0 Å². The van der Waals surface area contributed by atoms with Crippen LogP contribution < -0.4 is 5.46 Å². The molecule has 0 unspecified atom stereocenters. The molecule has 0 bridgehead atoms. The first-order valence-electron chi connectivity index (χ1n) is 3.47. The molecular formula is C6H7BF2N2O2. The number of halogens is 2. The number of alkyl halides is 2. The summed E-state index contributed by atoms with van der Waals surface area (Å²) >= 11 is 0. The number of hydrogen-bond donors (Lipinski definition) is 2. The Balaban J connectivity index is 2.94. The van der Waals surface area contributed by atoms with Gasteiger partial charge in [-0.3, -0.25) is 0 Å². The standard InChI is InChI=1S/C6H7BF2N2O2/c1-6(8,9)5-10-2-4(3-11-5)7(12)13/h2-3,12-13H,1H3. The lowest BCUT2D eigenvalue weighted by Crippen LogP contribution is -2.31. The summed E-state index contributed by atoms with van der Waals surface area (Å²) in [5.74, 6) is -3.75. The Morgan fingerprint density at radius 3 is 2.08 bits per heavy atom. The molecule has 70 valence electrons. The van der Waals surface area contributed by atoms with Crippen molar-refractivity contribution >= 4 is 12.6 Å². The van der Waals surface area contributed by atoms with E-state index in [1.54, 1.807) is 0 Å². The smallest absolute Gasteiger partial charge is 0.423 e. The summed E-state index contributed by atoms with van der Waals surface area (Å²) in [6, 6.07) is 0. The highest BCUT2D eigenvalue weighted by molar-refractivity contribution is 6.58. The van der Waals surface area contributed by atoms with Crippen LogP contribution in [0.2, 0.25) is 0 Å². The molecule has 1 aromatic rings. The van der Waals surface area contributed by atoms with E-state index in [9.17, 15) is 8.78 Å². The molecule has 4 nitrogen and oxygen atoms in total. The predicted molar refractivity (Wildman–Crippen MR) is 41.4 cm³/mol. The number of aromatic nitrogens is 2. The molecule has 13 heavy (non-hydrogen) atoms. The van der Waals surface area contributed by atoms with E-state index in [1.165, 1.54) is 0 Å². The molecule has 0 aromatic carbocycles. The van der Waals surface area contributed by atoms with Crippen LogP contribution in [0.4, 0.5) is 8.78 Å². The van der Waals surface area contributed by atoms with Crippen molar-refractivity contribution in [2.75, 3.05) is 0 Å². The first-order valence-corrected chi connectivity index (χ1v) is 3.47. The lowest BCUT2D eigenvalue weighted by Gasteiger charge is -2.07. The van der Waals surface area contributed by atoms with Gasteiger partial charge in [0.1, 0.15) is 0 Å². The molecule has 0 aliphatic heterocycles. The van der Waals surface area contributed by atoms with Gasteiger partial charge in [-0.2, -0.15) is 8.78 Å². The molecule has 7 heteroatoms. The highest BCUT2D eigenvalue weighted by Crippen LogP contribution is 2.21. The molecule has 0 atom stereocenters.